The summed E-state index contributed by atoms with van der Waals surface area (Å²) in [6.07, 6.45) is 1.74. The second-order valence-corrected chi connectivity index (χ2v) is 9.48. The lowest BCUT2D eigenvalue weighted by molar-refractivity contribution is -0.124. The number of benzene rings is 2. The minimum atomic E-state index is -0.315. The highest BCUT2D eigenvalue weighted by molar-refractivity contribution is 7.13. The fourth-order valence-electron chi connectivity index (χ4n) is 3.30. The molecule has 0 radical (unpaired) electrons. The highest BCUT2D eigenvalue weighted by Gasteiger charge is 2.15. The van der Waals surface area contributed by atoms with E-state index in [2.05, 4.69) is 15.6 Å². The van der Waals surface area contributed by atoms with Gasteiger partial charge in [0.2, 0.25) is 0 Å². The first-order valence-electron chi connectivity index (χ1n) is 11.0. The summed E-state index contributed by atoms with van der Waals surface area (Å²) in [5.74, 6) is 2.29. The molecule has 0 spiro atoms. The molecule has 34 heavy (non-hydrogen) atoms. The molecule has 0 aliphatic carbocycles. The van der Waals surface area contributed by atoms with Crippen molar-refractivity contribution in [1.29, 1.82) is 0 Å². The molecule has 2 aromatic heterocycles. The molecule has 2 N–H and O–H groups in total. The van der Waals surface area contributed by atoms with Gasteiger partial charge in [0.05, 0.1) is 12.1 Å². The molecule has 0 unspecified atom stereocenters. The van der Waals surface area contributed by atoms with Crippen LogP contribution in [0.15, 0.2) is 54.0 Å². The second kappa shape index (κ2) is 10.0. The highest BCUT2D eigenvalue weighted by Crippen LogP contribution is 2.31. The Morgan fingerprint density at radius 3 is 2.62 bits per heavy atom. The predicted octanol–water partition coefficient (Wildman–Crippen LogP) is 5.19. The van der Waals surface area contributed by atoms with Gasteiger partial charge in [0.15, 0.2) is 17.6 Å². The molecule has 0 fully saturated rings. The summed E-state index contributed by atoms with van der Waals surface area (Å²) < 4.78 is 11.4. The second-order valence-electron chi connectivity index (χ2n) is 8.58. The van der Waals surface area contributed by atoms with Gasteiger partial charge in [-0.15, -0.1) is 11.3 Å². The lowest BCUT2D eigenvalue weighted by Crippen LogP contribution is -2.43. The van der Waals surface area contributed by atoms with Gasteiger partial charge < -0.3 is 20.1 Å². The average molecular weight is 478 g/mol. The van der Waals surface area contributed by atoms with Gasteiger partial charge in [0.25, 0.3) is 5.91 Å². The van der Waals surface area contributed by atoms with Crippen LogP contribution in [0.3, 0.4) is 0 Å². The number of carbonyl (C=O) groups is 1. The van der Waals surface area contributed by atoms with Crippen LogP contribution in [0, 0.1) is 0 Å². The van der Waals surface area contributed by atoms with Crippen molar-refractivity contribution >= 4 is 39.1 Å². The van der Waals surface area contributed by atoms with Gasteiger partial charge >= 0.3 is 0 Å². The van der Waals surface area contributed by atoms with Crippen LogP contribution in [0.5, 0.6) is 11.5 Å². The quantitative estimate of drug-likeness (QED) is 0.360. The molecule has 176 valence electrons. The Morgan fingerprint density at radius 1 is 1.06 bits per heavy atom. The van der Waals surface area contributed by atoms with Crippen molar-refractivity contribution in [1.82, 2.24) is 20.3 Å². The number of nitrogens with zero attached hydrogens (tertiary/aromatic N) is 3. The van der Waals surface area contributed by atoms with Crippen LogP contribution in [-0.2, 0) is 4.79 Å². The van der Waals surface area contributed by atoms with Crippen molar-refractivity contribution in [3.8, 4) is 22.9 Å². The molecule has 8 nitrogen and oxygen atoms in total. The van der Waals surface area contributed by atoms with Gasteiger partial charge in [-0.05, 0) is 58.0 Å². The van der Waals surface area contributed by atoms with Crippen molar-refractivity contribution in [3.63, 3.8) is 0 Å². The fraction of sp³-hybridized carbons (Fsp3) is 0.280. The summed E-state index contributed by atoms with van der Waals surface area (Å²) in [5, 5.41) is 9.64. The molecule has 1 amide bonds. The van der Waals surface area contributed by atoms with Crippen LogP contribution in [-0.4, -0.2) is 39.6 Å². The van der Waals surface area contributed by atoms with Crippen LogP contribution in [0.2, 0.25) is 0 Å². The maximum atomic E-state index is 12.1. The number of aromatic nitrogens is 3. The van der Waals surface area contributed by atoms with Gasteiger partial charge in [-0.2, -0.15) is 0 Å². The third-order valence-corrected chi connectivity index (χ3v) is 5.30. The highest BCUT2D eigenvalue weighted by atomic mass is 32.1. The third-order valence-electron chi connectivity index (χ3n) is 4.61. The van der Waals surface area contributed by atoms with Crippen LogP contribution < -0.4 is 20.1 Å². The van der Waals surface area contributed by atoms with Gasteiger partial charge in [-0.1, -0.05) is 12.1 Å². The van der Waals surface area contributed by atoms with E-state index in [9.17, 15) is 4.79 Å². The van der Waals surface area contributed by atoms with E-state index in [-0.39, 0.29) is 18.1 Å². The minimum absolute atomic E-state index is 0.0731. The summed E-state index contributed by atoms with van der Waals surface area (Å²) in [6.45, 7) is 8.22. The molecule has 0 atom stereocenters. The largest absolute Gasteiger partial charge is 0.494 e. The lowest BCUT2D eigenvalue weighted by atomic mass is 10.1. The first-order valence-corrected chi connectivity index (χ1v) is 11.8. The molecule has 2 aromatic carbocycles. The number of fused-ring (bicyclic) bond motifs is 1. The molecule has 0 bridgehead atoms. The summed E-state index contributed by atoms with van der Waals surface area (Å²) in [7, 11) is 0. The summed E-state index contributed by atoms with van der Waals surface area (Å²) >= 11 is 1.49. The van der Waals surface area contributed by atoms with E-state index in [1.54, 1.807) is 12.3 Å². The maximum absolute atomic E-state index is 12.1. The van der Waals surface area contributed by atoms with E-state index in [0.717, 1.165) is 27.3 Å². The molecule has 9 heteroatoms. The predicted molar refractivity (Wildman–Crippen MR) is 135 cm³/mol. The first-order chi connectivity index (χ1) is 16.3. The Balaban J connectivity index is 1.65. The standard InChI is InChI=1S/C25H27N5O3S/c1-5-32-18-9-10-20-19(14-18)23(29-24-26-11-12-34-24)28-22(27-20)16-7-6-8-17(13-16)33-15-21(31)30-25(2,3)4/h6-14H,5,15H2,1-4H3,(H,30,31)(H,26,27,28,29). The fourth-order valence-corrected chi connectivity index (χ4v) is 3.83. The Hall–Kier alpha value is -3.72. The van der Waals surface area contributed by atoms with Crippen molar-refractivity contribution in [3.05, 3.63) is 54.0 Å². The zero-order valence-corrected chi connectivity index (χ0v) is 20.4. The van der Waals surface area contributed by atoms with Crippen molar-refractivity contribution in [2.24, 2.45) is 0 Å². The lowest BCUT2D eigenvalue weighted by Gasteiger charge is -2.20. The van der Waals surface area contributed by atoms with E-state index in [4.69, 9.17) is 19.4 Å². The number of hydrogen-bond acceptors (Lipinski definition) is 8. The molecular weight excluding hydrogens is 450 g/mol. The summed E-state index contributed by atoms with van der Waals surface area (Å²) in [6, 6.07) is 13.1. The van der Waals surface area contributed by atoms with Crippen LogP contribution in [0.4, 0.5) is 10.9 Å². The van der Waals surface area contributed by atoms with Crippen LogP contribution in [0.1, 0.15) is 27.7 Å². The van der Waals surface area contributed by atoms with Crippen molar-refractivity contribution in [2.75, 3.05) is 18.5 Å². The monoisotopic (exact) mass is 477 g/mol. The molecular formula is C25H27N5O3S. The van der Waals surface area contributed by atoms with Crippen LogP contribution in [0.25, 0.3) is 22.3 Å². The Labute approximate surface area is 202 Å². The third kappa shape index (κ3) is 5.99. The van der Waals surface area contributed by atoms with E-state index in [1.807, 2.05) is 69.5 Å². The smallest absolute Gasteiger partial charge is 0.258 e. The Bertz CT molecular complexity index is 1290. The van der Waals surface area contributed by atoms with E-state index in [1.165, 1.54) is 11.3 Å². The number of ether oxygens (including phenoxy) is 2. The maximum Gasteiger partial charge on any atom is 0.258 e. The molecule has 0 saturated heterocycles. The minimum Gasteiger partial charge on any atom is -0.494 e. The van der Waals surface area contributed by atoms with Gasteiger partial charge in [0, 0.05) is 28.1 Å². The number of thiazole rings is 1. The molecule has 0 saturated carbocycles. The van der Waals surface area contributed by atoms with Gasteiger partial charge in [-0.25, -0.2) is 15.0 Å². The summed E-state index contributed by atoms with van der Waals surface area (Å²) in [4.78, 5) is 26.0. The normalized spacial score (nSPS) is 11.3. The molecule has 0 aliphatic rings. The number of anilines is 2. The summed E-state index contributed by atoms with van der Waals surface area (Å²) in [5.41, 5.74) is 1.22. The number of carbonyl (C=O) groups excluding carboxylic acids is 1. The topological polar surface area (TPSA) is 98.3 Å². The van der Waals surface area contributed by atoms with Crippen molar-refractivity contribution in [2.45, 2.75) is 33.2 Å². The number of hydrogen-bond donors (Lipinski definition) is 2. The number of amides is 1. The molecule has 2 heterocycles. The van der Waals surface area contributed by atoms with E-state index in [0.29, 0.717) is 24.0 Å². The SMILES string of the molecule is CCOc1ccc2nc(-c3cccc(OCC(=O)NC(C)(C)C)c3)nc(Nc3nccs3)c2c1. The first kappa shape index (κ1) is 23.4. The van der Waals surface area contributed by atoms with Gasteiger partial charge in [0.1, 0.15) is 17.3 Å². The zero-order valence-electron chi connectivity index (χ0n) is 19.6. The van der Waals surface area contributed by atoms with E-state index >= 15 is 0 Å². The van der Waals surface area contributed by atoms with Crippen molar-refractivity contribution < 1.29 is 14.3 Å². The zero-order chi connectivity index (χ0) is 24.1. The molecule has 4 aromatic rings. The van der Waals surface area contributed by atoms with Gasteiger partial charge in [-0.3, -0.25) is 4.79 Å². The van der Waals surface area contributed by atoms with E-state index < -0.39 is 0 Å². The molecule has 0 aliphatic heterocycles. The average Bonchev–Trinajstić information content (AvgIpc) is 3.30. The van der Waals surface area contributed by atoms with Crippen LogP contribution >= 0.6 is 11.3 Å². The molecule has 4 rings (SSSR count). The number of nitrogens with one attached hydrogen (secondary N) is 2. The Morgan fingerprint density at radius 2 is 1.88 bits per heavy atom. The Kier molecular flexibility index (Phi) is 6.93. The number of rotatable bonds is 8.